The van der Waals surface area contributed by atoms with Crippen LogP contribution in [0.4, 0.5) is 0 Å². The third kappa shape index (κ3) is 7.47. The largest absolute Gasteiger partial charge is 0.473 e. The van der Waals surface area contributed by atoms with Crippen LogP contribution in [-0.4, -0.2) is 46.3 Å². The second-order valence-corrected chi connectivity index (χ2v) is 11.3. The Morgan fingerprint density at radius 2 is 1.90 bits per heavy atom. The number of benzene rings is 1. The third-order valence-electron chi connectivity index (χ3n) is 5.90. The van der Waals surface area contributed by atoms with Crippen LogP contribution in [0.2, 0.25) is 5.02 Å². The molecule has 8 nitrogen and oxygen atoms in total. The number of halogens is 3. The van der Waals surface area contributed by atoms with Crippen molar-refractivity contribution in [2.75, 3.05) is 6.54 Å². The van der Waals surface area contributed by atoms with Crippen LogP contribution in [0.5, 0.6) is 0 Å². The van der Waals surface area contributed by atoms with Gasteiger partial charge in [-0.3, -0.25) is 9.56 Å². The van der Waals surface area contributed by atoms with E-state index >= 15 is 0 Å². The van der Waals surface area contributed by atoms with Crippen LogP contribution in [0.3, 0.4) is 0 Å². The molecule has 0 saturated heterocycles. The summed E-state index contributed by atoms with van der Waals surface area (Å²) < 4.78 is 8.27. The van der Waals surface area contributed by atoms with Crippen LogP contribution in [0.1, 0.15) is 44.4 Å². The van der Waals surface area contributed by atoms with E-state index in [1.807, 2.05) is 63.3 Å². The van der Waals surface area contributed by atoms with Crippen molar-refractivity contribution in [3.05, 3.63) is 80.4 Å². The molecule has 0 N–H and O–H groups in total. The van der Waals surface area contributed by atoms with E-state index in [0.717, 1.165) is 28.5 Å². The van der Waals surface area contributed by atoms with Crippen LogP contribution >= 0.6 is 34.8 Å². The molecule has 2 aromatic rings. The predicted molar refractivity (Wildman–Crippen MR) is 161 cm³/mol. The summed E-state index contributed by atoms with van der Waals surface area (Å²) in [5.41, 5.74) is 3.01. The number of imidazole rings is 1. The van der Waals surface area contributed by atoms with E-state index < -0.39 is 0 Å². The molecule has 1 aromatic carbocycles. The maximum atomic E-state index is 6.66. The molecule has 0 spiro atoms. The van der Waals surface area contributed by atoms with E-state index in [1.54, 1.807) is 17.6 Å². The molecule has 1 aliphatic carbocycles. The molecule has 1 aromatic heterocycles. The molecule has 0 saturated carbocycles. The van der Waals surface area contributed by atoms with E-state index in [0.29, 0.717) is 46.9 Å². The monoisotopic (exact) mass is 585 g/mol. The minimum absolute atomic E-state index is 0.164. The Hall–Kier alpha value is -3.20. The lowest BCUT2D eigenvalue weighted by Gasteiger charge is -2.21. The summed E-state index contributed by atoms with van der Waals surface area (Å²) in [7, 11) is 0. The molecule has 0 radical (unpaired) electrons. The molecular weight excluding hydrogens is 557 g/mol. The number of hydrogen-bond acceptors (Lipinski definition) is 7. The van der Waals surface area contributed by atoms with Crippen molar-refractivity contribution in [3.8, 4) is 5.69 Å². The lowest BCUT2D eigenvalue weighted by Crippen LogP contribution is -2.24. The van der Waals surface area contributed by atoms with Crippen molar-refractivity contribution in [1.82, 2.24) is 14.6 Å². The topological polar surface area (TPSA) is 79.7 Å². The van der Waals surface area contributed by atoms with Crippen LogP contribution in [0.25, 0.3) is 5.69 Å². The minimum Gasteiger partial charge on any atom is -0.473 e. The van der Waals surface area contributed by atoms with Gasteiger partial charge >= 0.3 is 0 Å². The van der Waals surface area contributed by atoms with Gasteiger partial charge in [-0.25, -0.2) is 9.99 Å². The van der Waals surface area contributed by atoms with Gasteiger partial charge in [0.25, 0.3) is 0 Å². The Morgan fingerprint density at radius 1 is 1.13 bits per heavy atom. The Bertz CT molecular complexity index is 1380. The summed E-state index contributed by atoms with van der Waals surface area (Å²) in [6, 6.07) is 7.60. The van der Waals surface area contributed by atoms with Gasteiger partial charge < -0.3 is 4.74 Å². The number of allylic oxidation sites excluding steroid dienone is 6. The van der Waals surface area contributed by atoms with Gasteiger partial charge in [0, 0.05) is 52.0 Å². The van der Waals surface area contributed by atoms with Crippen molar-refractivity contribution >= 4 is 60.0 Å². The number of hydrazone groups is 1. The first-order valence-corrected chi connectivity index (χ1v) is 13.5. The Balaban J connectivity index is 1.83. The molecule has 0 bridgehead atoms. The van der Waals surface area contributed by atoms with Gasteiger partial charge in [0.1, 0.15) is 24.5 Å². The highest BCUT2D eigenvalue weighted by Gasteiger charge is 2.26. The fourth-order valence-electron chi connectivity index (χ4n) is 4.01. The molecule has 0 fully saturated rings. The second-order valence-electron chi connectivity index (χ2n) is 9.93. The lowest BCUT2D eigenvalue weighted by atomic mass is 9.97. The van der Waals surface area contributed by atoms with E-state index in [1.165, 1.54) is 0 Å². The first kappa shape index (κ1) is 28.8. The Morgan fingerprint density at radius 3 is 2.56 bits per heavy atom. The zero-order valence-corrected chi connectivity index (χ0v) is 24.4. The molecule has 204 valence electrons. The fraction of sp³-hybridized carbons (Fsp3) is 0.321. The molecule has 2 aliphatic rings. The smallest absolute Gasteiger partial charge is 0.214 e. The van der Waals surface area contributed by atoms with Crippen LogP contribution in [0, 0.1) is 5.41 Å². The van der Waals surface area contributed by atoms with Crippen molar-refractivity contribution < 1.29 is 4.74 Å². The molecular formula is C28H30Cl3N7O. The average Bonchev–Trinajstić information content (AvgIpc) is 3.14. The van der Waals surface area contributed by atoms with Crippen molar-refractivity contribution in [2.24, 2.45) is 25.7 Å². The van der Waals surface area contributed by atoms with Crippen molar-refractivity contribution in [2.45, 2.75) is 46.8 Å². The van der Waals surface area contributed by atoms with Gasteiger partial charge in [0.2, 0.25) is 5.90 Å². The number of aromatic nitrogens is 2. The van der Waals surface area contributed by atoms with Crippen molar-refractivity contribution in [1.29, 1.82) is 0 Å². The fourth-order valence-corrected chi connectivity index (χ4v) is 4.48. The number of ether oxygens (including phenoxy) is 1. The Labute approximate surface area is 243 Å². The highest BCUT2D eigenvalue weighted by atomic mass is 35.5. The summed E-state index contributed by atoms with van der Waals surface area (Å²) in [6.07, 6.45) is 10.2. The van der Waals surface area contributed by atoms with E-state index in [4.69, 9.17) is 44.5 Å². The van der Waals surface area contributed by atoms with Gasteiger partial charge in [0.05, 0.1) is 18.8 Å². The molecule has 0 atom stereocenters. The molecule has 39 heavy (non-hydrogen) atoms. The van der Waals surface area contributed by atoms with Gasteiger partial charge in [-0.2, -0.15) is 10.2 Å². The summed E-state index contributed by atoms with van der Waals surface area (Å²) in [4.78, 5) is 9.41. The van der Waals surface area contributed by atoms with Gasteiger partial charge in [-0.15, -0.1) is 5.10 Å². The Kier molecular flexibility index (Phi) is 9.43. The van der Waals surface area contributed by atoms with Crippen LogP contribution in [-0.2, 0) is 24.3 Å². The molecule has 0 amide bonds. The molecule has 0 unspecified atom stereocenters. The number of rotatable bonds is 8. The van der Waals surface area contributed by atoms with Crippen molar-refractivity contribution in [3.63, 3.8) is 0 Å². The number of hydrogen-bond donors (Lipinski definition) is 0. The third-order valence-corrected chi connectivity index (χ3v) is 6.83. The van der Waals surface area contributed by atoms with Gasteiger partial charge in [-0.05, 0) is 35.9 Å². The van der Waals surface area contributed by atoms with Crippen LogP contribution < -0.4 is 0 Å². The number of aliphatic imine (C=N–C) groups is 1. The summed E-state index contributed by atoms with van der Waals surface area (Å²) in [5, 5.41) is 16.1. The van der Waals surface area contributed by atoms with E-state index in [-0.39, 0.29) is 12.0 Å². The maximum Gasteiger partial charge on any atom is 0.214 e. The maximum absolute atomic E-state index is 6.66. The first-order chi connectivity index (χ1) is 18.7. The highest BCUT2D eigenvalue weighted by Crippen LogP contribution is 2.30. The number of nitrogens with zero attached hydrogens (tertiary/aromatic N) is 7. The summed E-state index contributed by atoms with van der Waals surface area (Å²) >= 11 is 19.2. The van der Waals surface area contributed by atoms with Gasteiger partial charge in [-0.1, -0.05) is 67.7 Å². The zero-order valence-electron chi connectivity index (χ0n) is 22.1. The molecule has 1 aliphatic heterocycles. The standard InChI is InChI=1S/C28H30Cl3N7O/c1-28(2,3)27(36-32-4)39-17-24-25(16-37-18-33-13-14-34-37)38(22-10-7-21(30)8-11-22)26(35-24)15-19-5-6-20(29)9-12-23(19)31/h5-8,10-12,14,18H,4,9,13,15-17H2,1-3H3/b36-27-. The normalized spacial score (nSPS) is 16.0. The SMILES string of the molecule is C=N/N=C(\OCc1nc(CC2=CC=C(Cl)CC=C2Cl)n(-c2ccc(Cl)cc2)c1CN1C=NCC=N1)C(C)(C)C. The van der Waals surface area contributed by atoms with E-state index in [9.17, 15) is 0 Å². The van der Waals surface area contributed by atoms with E-state index in [2.05, 4.69) is 31.6 Å². The first-order valence-electron chi connectivity index (χ1n) is 12.4. The zero-order chi connectivity index (χ0) is 28.0. The molecule has 2 heterocycles. The summed E-state index contributed by atoms with van der Waals surface area (Å²) in [6.45, 7) is 10.6. The van der Waals surface area contributed by atoms with Gasteiger partial charge in [0.15, 0.2) is 0 Å². The lowest BCUT2D eigenvalue weighted by molar-refractivity contribution is 0.244. The minimum atomic E-state index is -0.373. The molecule has 4 rings (SSSR count). The predicted octanol–water partition coefficient (Wildman–Crippen LogP) is 7.05. The quantitative estimate of drug-likeness (QED) is 0.189. The van der Waals surface area contributed by atoms with Crippen LogP contribution in [0.15, 0.2) is 78.4 Å². The second kappa shape index (κ2) is 12.8. The highest BCUT2D eigenvalue weighted by molar-refractivity contribution is 6.33. The average molecular weight is 587 g/mol. The summed E-state index contributed by atoms with van der Waals surface area (Å²) in [5.74, 6) is 1.23. The molecule has 11 heteroatoms.